The first-order valence-corrected chi connectivity index (χ1v) is 6.81. The molecule has 1 N–H and O–H groups in total. The van der Waals surface area contributed by atoms with E-state index in [2.05, 4.69) is 11.4 Å². The van der Waals surface area contributed by atoms with Crippen LogP contribution in [0.2, 0.25) is 5.02 Å². The minimum atomic E-state index is -1.05. The second-order valence-corrected chi connectivity index (χ2v) is 5.60. The number of amides is 1. The van der Waals surface area contributed by atoms with Gasteiger partial charge in [-0.25, -0.2) is 8.78 Å². The second-order valence-electron chi connectivity index (χ2n) is 5.20. The van der Waals surface area contributed by atoms with E-state index in [1.54, 1.807) is 0 Å². The van der Waals surface area contributed by atoms with E-state index in [0.717, 1.165) is 12.1 Å². The predicted octanol–water partition coefficient (Wildman–Crippen LogP) is 2.34. The van der Waals surface area contributed by atoms with Crippen LogP contribution < -0.4 is 5.32 Å². The first kappa shape index (κ1) is 15.7. The van der Waals surface area contributed by atoms with Gasteiger partial charge in [-0.3, -0.25) is 4.79 Å². The summed E-state index contributed by atoms with van der Waals surface area (Å²) in [4.78, 5) is 14.1. The summed E-state index contributed by atoms with van der Waals surface area (Å²) in [5.41, 5.74) is -1.50. The third kappa shape index (κ3) is 3.31. The summed E-state index contributed by atoms with van der Waals surface area (Å²) in [7, 11) is 1.91. The molecule has 1 amide bonds. The summed E-state index contributed by atoms with van der Waals surface area (Å²) in [6.45, 7) is 1.29. The molecule has 2 rings (SSSR count). The van der Waals surface area contributed by atoms with Gasteiger partial charge in [-0.05, 0) is 32.0 Å². The van der Waals surface area contributed by atoms with Crippen molar-refractivity contribution in [2.75, 3.05) is 20.1 Å². The third-order valence-corrected chi connectivity index (χ3v) is 3.95. The first-order chi connectivity index (χ1) is 9.87. The molecule has 0 aliphatic carbocycles. The van der Waals surface area contributed by atoms with E-state index in [1.165, 1.54) is 0 Å². The molecule has 0 spiro atoms. The molecule has 0 saturated carbocycles. The van der Waals surface area contributed by atoms with Crippen LogP contribution in [0.5, 0.6) is 0 Å². The molecular formula is C14H14ClF2N3O. The summed E-state index contributed by atoms with van der Waals surface area (Å²) < 4.78 is 27.1. The van der Waals surface area contributed by atoms with E-state index in [-0.39, 0.29) is 0 Å². The Morgan fingerprint density at radius 1 is 1.38 bits per heavy atom. The lowest BCUT2D eigenvalue weighted by Gasteiger charge is -2.36. The maximum Gasteiger partial charge on any atom is 0.255 e. The number of rotatable bonds is 2. The van der Waals surface area contributed by atoms with Crippen LogP contribution in [0.15, 0.2) is 12.1 Å². The number of nitrogens with zero attached hydrogens (tertiary/aromatic N) is 2. The molecule has 0 atom stereocenters. The average Bonchev–Trinajstić information content (AvgIpc) is 2.45. The predicted molar refractivity (Wildman–Crippen MR) is 73.9 cm³/mol. The molecule has 0 radical (unpaired) electrons. The Kier molecular flexibility index (Phi) is 4.45. The molecule has 112 valence electrons. The molecule has 1 fully saturated rings. The Balaban J connectivity index is 2.21. The molecule has 0 unspecified atom stereocenters. The fourth-order valence-electron chi connectivity index (χ4n) is 2.25. The Morgan fingerprint density at radius 3 is 2.57 bits per heavy atom. The van der Waals surface area contributed by atoms with Crippen molar-refractivity contribution in [2.45, 2.75) is 18.4 Å². The van der Waals surface area contributed by atoms with Gasteiger partial charge in [-0.2, -0.15) is 5.26 Å². The number of halogens is 3. The number of likely N-dealkylation sites (tertiary alicyclic amines) is 1. The van der Waals surface area contributed by atoms with Crippen LogP contribution in [-0.4, -0.2) is 36.5 Å². The summed E-state index contributed by atoms with van der Waals surface area (Å²) in [5.74, 6) is -2.60. The maximum atomic E-state index is 13.7. The fraction of sp³-hybridized carbons (Fsp3) is 0.429. The van der Waals surface area contributed by atoms with E-state index < -0.39 is 33.7 Å². The van der Waals surface area contributed by atoms with Gasteiger partial charge in [-0.1, -0.05) is 11.6 Å². The van der Waals surface area contributed by atoms with Crippen molar-refractivity contribution >= 4 is 17.5 Å². The Bertz CT molecular complexity index is 607. The van der Waals surface area contributed by atoms with Crippen LogP contribution in [0.1, 0.15) is 23.2 Å². The van der Waals surface area contributed by atoms with E-state index in [4.69, 9.17) is 11.6 Å². The summed E-state index contributed by atoms with van der Waals surface area (Å²) >= 11 is 5.45. The number of piperidine rings is 1. The van der Waals surface area contributed by atoms with Gasteiger partial charge < -0.3 is 10.2 Å². The number of carbonyl (C=O) groups excluding carboxylic acids is 1. The number of nitrogens with one attached hydrogen (secondary N) is 1. The summed E-state index contributed by atoms with van der Waals surface area (Å²) in [6, 6.07) is 3.58. The number of benzene rings is 1. The molecule has 1 aliphatic rings. The molecule has 1 heterocycles. The first-order valence-electron chi connectivity index (χ1n) is 6.44. The molecular weight excluding hydrogens is 300 g/mol. The van der Waals surface area contributed by atoms with Crippen molar-refractivity contribution in [2.24, 2.45) is 0 Å². The van der Waals surface area contributed by atoms with Gasteiger partial charge in [0.1, 0.15) is 17.2 Å². The monoisotopic (exact) mass is 313 g/mol. The van der Waals surface area contributed by atoms with Crippen molar-refractivity contribution in [3.63, 3.8) is 0 Å². The molecule has 0 bridgehead atoms. The van der Waals surface area contributed by atoms with Crippen molar-refractivity contribution in [1.82, 2.24) is 10.2 Å². The lowest BCUT2D eigenvalue weighted by molar-refractivity contribution is 0.0877. The molecule has 1 aromatic rings. The van der Waals surface area contributed by atoms with Gasteiger partial charge >= 0.3 is 0 Å². The van der Waals surface area contributed by atoms with E-state index in [0.29, 0.717) is 25.9 Å². The van der Waals surface area contributed by atoms with Crippen LogP contribution in [0.25, 0.3) is 0 Å². The van der Waals surface area contributed by atoms with Crippen molar-refractivity contribution in [3.05, 3.63) is 34.4 Å². The fourth-order valence-corrected chi connectivity index (χ4v) is 2.40. The zero-order valence-electron chi connectivity index (χ0n) is 11.4. The SMILES string of the molecule is CN1CCC(C#N)(NC(=O)c2cc(F)c(Cl)cc2F)CC1. The molecule has 7 heteroatoms. The van der Waals surface area contributed by atoms with E-state index >= 15 is 0 Å². The average molecular weight is 314 g/mol. The van der Waals surface area contributed by atoms with Crippen LogP contribution in [0.3, 0.4) is 0 Å². The number of hydrogen-bond donors (Lipinski definition) is 1. The summed E-state index contributed by atoms with van der Waals surface area (Å²) in [6.07, 6.45) is 0.868. The van der Waals surface area contributed by atoms with Crippen LogP contribution in [0.4, 0.5) is 8.78 Å². The standard InChI is InChI=1S/C14H14ClF2N3O/c1-20-4-2-14(8-18,3-5-20)19-13(21)9-6-12(17)10(15)7-11(9)16/h6-7H,2-5H2,1H3,(H,19,21). The minimum Gasteiger partial charge on any atom is -0.334 e. The molecule has 1 saturated heterocycles. The normalized spacial score (nSPS) is 18.0. The third-order valence-electron chi connectivity index (χ3n) is 3.66. The molecule has 4 nitrogen and oxygen atoms in total. The highest BCUT2D eigenvalue weighted by Crippen LogP contribution is 2.23. The Labute approximate surface area is 126 Å². The summed E-state index contributed by atoms with van der Waals surface area (Å²) in [5, 5.41) is 11.5. The maximum absolute atomic E-state index is 13.7. The second kappa shape index (κ2) is 5.96. The molecule has 1 aromatic carbocycles. The van der Waals surface area contributed by atoms with Gasteiger partial charge in [0.05, 0.1) is 16.7 Å². The van der Waals surface area contributed by atoms with Gasteiger partial charge in [0.15, 0.2) is 0 Å². The lowest BCUT2D eigenvalue weighted by Crippen LogP contribution is -2.53. The van der Waals surface area contributed by atoms with Gasteiger partial charge in [0, 0.05) is 13.1 Å². The van der Waals surface area contributed by atoms with Crippen LogP contribution >= 0.6 is 11.6 Å². The van der Waals surface area contributed by atoms with Crippen LogP contribution in [0, 0.1) is 23.0 Å². The number of hydrogen-bond acceptors (Lipinski definition) is 3. The Hall–Kier alpha value is -1.71. The topological polar surface area (TPSA) is 56.1 Å². The highest BCUT2D eigenvalue weighted by Gasteiger charge is 2.36. The van der Waals surface area contributed by atoms with Gasteiger partial charge in [-0.15, -0.1) is 0 Å². The zero-order chi connectivity index (χ0) is 15.6. The van der Waals surface area contributed by atoms with Crippen molar-refractivity contribution in [3.8, 4) is 6.07 Å². The largest absolute Gasteiger partial charge is 0.334 e. The quantitative estimate of drug-likeness (QED) is 0.853. The van der Waals surface area contributed by atoms with Gasteiger partial charge in [0.2, 0.25) is 0 Å². The van der Waals surface area contributed by atoms with Crippen molar-refractivity contribution < 1.29 is 13.6 Å². The van der Waals surface area contributed by atoms with E-state index in [1.807, 2.05) is 11.9 Å². The molecule has 0 aromatic heterocycles. The lowest BCUT2D eigenvalue weighted by atomic mass is 9.89. The number of carbonyl (C=O) groups is 1. The van der Waals surface area contributed by atoms with Gasteiger partial charge in [0.25, 0.3) is 5.91 Å². The zero-order valence-corrected chi connectivity index (χ0v) is 12.2. The molecule has 1 aliphatic heterocycles. The molecule has 21 heavy (non-hydrogen) atoms. The number of nitriles is 1. The highest BCUT2D eigenvalue weighted by molar-refractivity contribution is 6.30. The van der Waals surface area contributed by atoms with Crippen molar-refractivity contribution in [1.29, 1.82) is 5.26 Å². The Morgan fingerprint density at radius 2 is 2.00 bits per heavy atom. The minimum absolute atomic E-state index is 0.390. The van der Waals surface area contributed by atoms with Crippen LogP contribution in [-0.2, 0) is 0 Å². The smallest absolute Gasteiger partial charge is 0.255 e. The highest BCUT2D eigenvalue weighted by atomic mass is 35.5. The van der Waals surface area contributed by atoms with E-state index in [9.17, 15) is 18.8 Å².